The van der Waals surface area contributed by atoms with Crippen LogP contribution in [0.5, 0.6) is 0 Å². The summed E-state index contributed by atoms with van der Waals surface area (Å²) < 4.78 is 0. The fourth-order valence-corrected chi connectivity index (χ4v) is 0.881. The Morgan fingerprint density at radius 2 is 1.54 bits per heavy atom. The Labute approximate surface area is 86.0 Å². The molecule has 3 heteroatoms. The Balaban J connectivity index is 4.30. The summed E-state index contributed by atoms with van der Waals surface area (Å²) >= 11 is 6.00. The molecule has 0 saturated heterocycles. The minimum absolute atomic E-state index is 0.0957. The third-order valence-corrected chi connectivity index (χ3v) is 2.34. The van der Waals surface area contributed by atoms with E-state index < -0.39 is 5.38 Å². The van der Waals surface area contributed by atoms with E-state index in [1.54, 1.807) is 0 Å². The van der Waals surface area contributed by atoms with Gasteiger partial charge in [0.15, 0.2) is 0 Å². The summed E-state index contributed by atoms with van der Waals surface area (Å²) in [5, 5.41) is 2.37. The van der Waals surface area contributed by atoms with E-state index in [9.17, 15) is 4.79 Å². The second-order valence-corrected chi connectivity index (χ2v) is 5.90. The summed E-state index contributed by atoms with van der Waals surface area (Å²) in [6.07, 6.45) is 0. The maximum Gasteiger partial charge on any atom is 0.238 e. The molecule has 0 bridgehead atoms. The zero-order chi connectivity index (χ0) is 10.9. The lowest BCUT2D eigenvalue weighted by atomic mass is 9.90. The minimum atomic E-state index is -0.480. The first kappa shape index (κ1) is 12.8. The predicted molar refractivity (Wildman–Crippen MR) is 57.0 cm³/mol. The minimum Gasteiger partial charge on any atom is -0.350 e. The van der Waals surface area contributed by atoms with Gasteiger partial charge in [-0.25, -0.2) is 0 Å². The number of carbonyl (C=O) groups excluding carboxylic acids is 1. The van der Waals surface area contributed by atoms with Gasteiger partial charge < -0.3 is 5.32 Å². The van der Waals surface area contributed by atoms with Gasteiger partial charge in [-0.3, -0.25) is 4.79 Å². The van der Waals surface area contributed by atoms with Crippen LogP contribution in [0.15, 0.2) is 0 Å². The Hall–Kier alpha value is -0.240. The van der Waals surface area contributed by atoms with Crippen molar-refractivity contribution in [1.29, 1.82) is 0 Å². The Kier molecular flexibility index (Phi) is 3.80. The zero-order valence-electron chi connectivity index (χ0n) is 9.36. The molecule has 1 N–H and O–H groups in total. The van der Waals surface area contributed by atoms with E-state index in [4.69, 9.17) is 11.6 Å². The second kappa shape index (κ2) is 3.87. The van der Waals surface area contributed by atoms with Gasteiger partial charge in [0.1, 0.15) is 5.38 Å². The van der Waals surface area contributed by atoms with Crippen molar-refractivity contribution < 1.29 is 4.79 Å². The second-order valence-electron chi connectivity index (χ2n) is 5.47. The molecule has 0 aromatic carbocycles. The van der Waals surface area contributed by atoms with Gasteiger partial charge in [-0.15, -0.1) is 11.6 Å². The van der Waals surface area contributed by atoms with Crippen LogP contribution in [0.3, 0.4) is 0 Å². The van der Waals surface area contributed by atoms with E-state index in [2.05, 4.69) is 5.32 Å². The van der Waals surface area contributed by atoms with Gasteiger partial charge in [0.2, 0.25) is 5.91 Å². The summed E-state index contributed by atoms with van der Waals surface area (Å²) in [7, 11) is 0. The van der Waals surface area contributed by atoms with Crippen LogP contribution in [0.25, 0.3) is 0 Å². The SMILES string of the molecule is CC(C)(C)NC(=O)[C@H](Cl)C(C)(C)C. The van der Waals surface area contributed by atoms with Crippen molar-refractivity contribution in [1.82, 2.24) is 5.32 Å². The van der Waals surface area contributed by atoms with E-state index in [0.29, 0.717) is 0 Å². The molecule has 0 saturated carbocycles. The molecule has 0 spiro atoms. The lowest BCUT2D eigenvalue weighted by Crippen LogP contribution is -2.47. The highest BCUT2D eigenvalue weighted by atomic mass is 35.5. The topological polar surface area (TPSA) is 29.1 Å². The van der Waals surface area contributed by atoms with Gasteiger partial charge in [-0.05, 0) is 26.2 Å². The fraction of sp³-hybridized carbons (Fsp3) is 0.900. The number of hydrogen-bond acceptors (Lipinski definition) is 1. The van der Waals surface area contributed by atoms with Crippen LogP contribution >= 0.6 is 11.6 Å². The molecule has 0 aliphatic heterocycles. The van der Waals surface area contributed by atoms with Crippen molar-refractivity contribution in [3.8, 4) is 0 Å². The lowest BCUT2D eigenvalue weighted by molar-refractivity contribution is -0.123. The molecule has 2 nitrogen and oxygen atoms in total. The first-order chi connectivity index (χ1) is 5.54. The van der Waals surface area contributed by atoms with Crippen molar-refractivity contribution >= 4 is 17.5 Å². The number of rotatable bonds is 1. The molecule has 0 aliphatic carbocycles. The van der Waals surface area contributed by atoms with Crippen molar-refractivity contribution in [2.45, 2.75) is 52.5 Å². The van der Waals surface area contributed by atoms with Crippen LogP contribution < -0.4 is 5.32 Å². The third-order valence-electron chi connectivity index (χ3n) is 1.49. The number of carbonyl (C=O) groups is 1. The number of halogens is 1. The van der Waals surface area contributed by atoms with Crippen molar-refractivity contribution in [2.24, 2.45) is 5.41 Å². The van der Waals surface area contributed by atoms with Crippen molar-refractivity contribution in [2.75, 3.05) is 0 Å². The molecule has 0 fully saturated rings. The van der Waals surface area contributed by atoms with Crippen molar-refractivity contribution in [3.05, 3.63) is 0 Å². The normalized spacial score (nSPS) is 15.3. The van der Waals surface area contributed by atoms with Crippen LogP contribution in [-0.2, 0) is 4.79 Å². The van der Waals surface area contributed by atoms with E-state index in [-0.39, 0.29) is 16.9 Å². The van der Waals surface area contributed by atoms with E-state index in [1.165, 1.54) is 0 Å². The third kappa shape index (κ3) is 5.14. The molecule has 0 unspecified atom stereocenters. The Morgan fingerprint density at radius 1 is 1.15 bits per heavy atom. The first-order valence-electron chi connectivity index (χ1n) is 4.50. The van der Waals surface area contributed by atoms with Crippen molar-refractivity contribution in [3.63, 3.8) is 0 Å². The molecule has 0 rings (SSSR count). The van der Waals surface area contributed by atoms with Gasteiger partial charge in [0, 0.05) is 5.54 Å². The van der Waals surface area contributed by atoms with Crippen LogP contribution in [0.1, 0.15) is 41.5 Å². The van der Waals surface area contributed by atoms with Crippen LogP contribution in [0.4, 0.5) is 0 Å². The van der Waals surface area contributed by atoms with E-state index in [1.807, 2.05) is 41.5 Å². The van der Waals surface area contributed by atoms with Gasteiger partial charge >= 0.3 is 0 Å². The average molecular weight is 206 g/mol. The molecular formula is C10H20ClNO. The molecule has 78 valence electrons. The summed E-state index contributed by atoms with van der Waals surface area (Å²) in [5.74, 6) is -0.0957. The zero-order valence-corrected chi connectivity index (χ0v) is 10.1. The summed E-state index contributed by atoms with van der Waals surface area (Å²) in [4.78, 5) is 11.6. The van der Waals surface area contributed by atoms with Crippen LogP contribution in [0.2, 0.25) is 0 Å². The summed E-state index contributed by atoms with van der Waals surface area (Å²) in [6.45, 7) is 11.7. The quantitative estimate of drug-likeness (QED) is 0.655. The average Bonchev–Trinajstić information content (AvgIpc) is 1.79. The molecule has 1 amide bonds. The largest absolute Gasteiger partial charge is 0.350 e. The fourth-order valence-electron chi connectivity index (χ4n) is 0.826. The lowest BCUT2D eigenvalue weighted by Gasteiger charge is -2.28. The van der Waals surface area contributed by atoms with E-state index in [0.717, 1.165) is 0 Å². The van der Waals surface area contributed by atoms with Gasteiger partial charge in [-0.2, -0.15) is 0 Å². The molecule has 0 aromatic rings. The highest BCUT2D eigenvalue weighted by molar-refractivity contribution is 6.31. The van der Waals surface area contributed by atoms with E-state index >= 15 is 0 Å². The maximum absolute atomic E-state index is 11.6. The molecule has 1 atom stereocenters. The molecule has 0 heterocycles. The van der Waals surface area contributed by atoms with Gasteiger partial charge in [0.05, 0.1) is 0 Å². The first-order valence-corrected chi connectivity index (χ1v) is 4.94. The highest BCUT2D eigenvalue weighted by Gasteiger charge is 2.30. The maximum atomic E-state index is 11.6. The number of amides is 1. The molecule has 0 aliphatic rings. The predicted octanol–water partition coefficient (Wildman–Crippen LogP) is 2.55. The van der Waals surface area contributed by atoms with Crippen LogP contribution in [-0.4, -0.2) is 16.8 Å². The number of hydrogen-bond donors (Lipinski definition) is 1. The standard InChI is InChI=1S/C10H20ClNO/c1-9(2,3)7(11)8(13)12-10(4,5)6/h7H,1-6H3,(H,12,13)/t7-/m0/s1. The number of alkyl halides is 1. The smallest absolute Gasteiger partial charge is 0.238 e. The molecular weight excluding hydrogens is 186 g/mol. The number of nitrogens with one attached hydrogen (secondary N) is 1. The molecule has 0 aromatic heterocycles. The highest BCUT2D eigenvalue weighted by Crippen LogP contribution is 2.24. The Bertz CT molecular complexity index is 188. The molecule has 0 radical (unpaired) electrons. The summed E-state index contributed by atoms with van der Waals surface area (Å²) in [5.41, 5.74) is -0.410. The van der Waals surface area contributed by atoms with Crippen LogP contribution in [0, 0.1) is 5.41 Å². The summed E-state index contributed by atoms with van der Waals surface area (Å²) in [6, 6.07) is 0. The van der Waals surface area contributed by atoms with Gasteiger partial charge in [-0.1, -0.05) is 20.8 Å². The monoisotopic (exact) mass is 205 g/mol. The Morgan fingerprint density at radius 3 is 1.77 bits per heavy atom. The van der Waals surface area contributed by atoms with Gasteiger partial charge in [0.25, 0.3) is 0 Å². The molecule has 13 heavy (non-hydrogen) atoms.